The van der Waals surface area contributed by atoms with Crippen LogP contribution in [0.15, 0.2) is 16.9 Å². The molecule has 0 saturated heterocycles. The number of carboxylic acid groups (broad SMARTS) is 1. The van der Waals surface area contributed by atoms with E-state index in [4.69, 9.17) is 5.11 Å². The van der Waals surface area contributed by atoms with Gasteiger partial charge in [-0.3, -0.25) is 4.79 Å². The van der Waals surface area contributed by atoms with Gasteiger partial charge in [0.25, 0.3) is 0 Å². The molecule has 2 rings (SSSR count). The van der Waals surface area contributed by atoms with Crippen LogP contribution in [-0.2, 0) is 0 Å². The van der Waals surface area contributed by atoms with Gasteiger partial charge in [0.2, 0.25) is 5.56 Å². The maximum Gasteiger partial charge on any atom is 0.336 e. The Labute approximate surface area is 79.8 Å². The highest BCUT2D eigenvalue weighted by atomic mass is 16.4. The Morgan fingerprint density at radius 2 is 2.21 bits per heavy atom. The molecule has 3 N–H and O–H groups in total. The molecule has 1 aliphatic rings. The Balaban J connectivity index is 2.30. The van der Waals surface area contributed by atoms with E-state index in [0.717, 1.165) is 18.9 Å². The summed E-state index contributed by atoms with van der Waals surface area (Å²) in [6.45, 7) is 0. The molecule has 1 heterocycles. The lowest BCUT2D eigenvalue weighted by Crippen LogP contribution is -2.14. The summed E-state index contributed by atoms with van der Waals surface area (Å²) >= 11 is 0. The Morgan fingerprint density at radius 3 is 2.79 bits per heavy atom. The van der Waals surface area contributed by atoms with Crippen molar-refractivity contribution < 1.29 is 9.90 Å². The summed E-state index contributed by atoms with van der Waals surface area (Å²) in [4.78, 5) is 24.2. The monoisotopic (exact) mass is 194 g/mol. The summed E-state index contributed by atoms with van der Waals surface area (Å²) in [5, 5.41) is 11.7. The number of hydrogen-bond donors (Lipinski definition) is 3. The molecule has 0 atom stereocenters. The second-order valence-electron chi connectivity index (χ2n) is 3.37. The van der Waals surface area contributed by atoms with Crippen LogP contribution in [0.3, 0.4) is 0 Å². The van der Waals surface area contributed by atoms with Gasteiger partial charge in [-0.2, -0.15) is 0 Å². The smallest absolute Gasteiger partial charge is 0.336 e. The molecular formula is C9H10N2O3. The average Bonchev–Trinajstić information content (AvgIpc) is 2.87. The number of pyridine rings is 1. The van der Waals surface area contributed by atoms with E-state index in [1.165, 1.54) is 6.07 Å². The third-order valence-electron chi connectivity index (χ3n) is 2.03. The van der Waals surface area contributed by atoms with Crippen molar-refractivity contribution in [2.75, 3.05) is 5.32 Å². The van der Waals surface area contributed by atoms with Crippen molar-refractivity contribution in [1.29, 1.82) is 0 Å². The zero-order valence-corrected chi connectivity index (χ0v) is 7.41. The molecule has 5 nitrogen and oxygen atoms in total. The van der Waals surface area contributed by atoms with Gasteiger partial charge in [-0.15, -0.1) is 0 Å². The van der Waals surface area contributed by atoms with E-state index < -0.39 is 11.5 Å². The fraction of sp³-hybridized carbons (Fsp3) is 0.333. The first-order valence-corrected chi connectivity index (χ1v) is 4.39. The highest BCUT2D eigenvalue weighted by Crippen LogP contribution is 2.23. The highest BCUT2D eigenvalue weighted by molar-refractivity contribution is 5.88. The van der Waals surface area contributed by atoms with Crippen molar-refractivity contribution >= 4 is 11.8 Å². The van der Waals surface area contributed by atoms with E-state index in [-0.39, 0.29) is 5.56 Å². The number of H-pyrrole nitrogens is 1. The predicted octanol–water partition coefficient (Wildman–Crippen LogP) is 0.647. The normalized spacial score (nSPS) is 15.1. The number of aromatic amines is 1. The fourth-order valence-corrected chi connectivity index (χ4v) is 1.19. The number of hydrogen-bond acceptors (Lipinski definition) is 3. The highest BCUT2D eigenvalue weighted by Gasteiger charge is 2.21. The molecule has 0 bridgehead atoms. The van der Waals surface area contributed by atoms with Crippen LogP contribution in [0, 0.1) is 0 Å². The Kier molecular flexibility index (Phi) is 1.99. The number of aromatic carboxylic acids is 1. The summed E-state index contributed by atoms with van der Waals surface area (Å²) < 4.78 is 0. The van der Waals surface area contributed by atoms with Gasteiger partial charge in [-0.25, -0.2) is 4.79 Å². The van der Waals surface area contributed by atoms with Crippen LogP contribution >= 0.6 is 0 Å². The van der Waals surface area contributed by atoms with E-state index in [1.54, 1.807) is 0 Å². The average molecular weight is 194 g/mol. The lowest BCUT2D eigenvalue weighted by molar-refractivity contribution is 0.0696. The second-order valence-corrected chi connectivity index (χ2v) is 3.37. The van der Waals surface area contributed by atoms with Crippen LogP contribution < -0.4 is 10.9 Å². The van der Waals surface area contributed by atoms with Gasteiger partial charge in [0.1, 0.15) is 5.82 Å². The van der Waals surface area contributed by atoms with E-state index in [9.17, 15) is 9.59 Å². The maximum atomic E-state index is 11.1. The van der Waals surface area contributed by atoms with Gasteiger partial charge in [-0.05, 0) is 18.9 Å². The molecule has 1 aromatic rings. The quantitative estimate of drug-likeness (QED) is 0.659. The second kappa shape index (κ2) is 3.17. The van der Waals surface area contributed by atoms with E-state index in [1.807, 2.05) is 0 Å². The van der Waals surface area contributed by atoms with Gasteiger partial charge in [0, 0.05) is 12.1 Å². The minimum Gasteiger partial charge on any atom is -0.478 e. The largest absolute Gasteiger partial charge is 0.478 e. The van der Waals surface area contributed by atoms with Crippen LogP contribution in [0.5, 0.6) is 0 Å². The van der Waals surface area contributed by atoms with Crippen molar-refractivity contribution in [3.63, 3.8) is 0 Å². The number of rotatable bonds is 3. The van der Waals surface area contributed by atoms with Crippen LogP contribution in [0.2, 0.25) is 0 Å². The number of anilines is 1. The molecule has 14 heavy (non-hydrogen) atoms. The molecule has 0 unspecified atom stereocenters. The van der Waals surface area contributed by atoms with Gasteiger partial charge in [0.15, 0.2) is 0 Å². The number of carbonyl (C=O) groups is 1. The minimum atomic E-state index is -1.09. The first-order valence-electron chi connectivity index (χ1n) is 4.39. The molecule has 0 aliphatic heterocycles. The minimum absolute atomic E-state index is 0.0110. The molecule has 1 aliphatic carbocycles. The molecule has 0 amide bonds. The molecule has 74 valence electrons. The molecule has 0 radical (unpaired) electrons. The third-order valence-corrected chi connectivity index (χ3v) is 2.03. The molecular weight excluding hydrogens is 184 g/mol. The zero-order valence-electron chi connectivity index (χ0n) is 7.41. The maximum absolute atomic E-state index is 11.1. The summed E-state index contributed by atoms with van der Waals surface area (Å²) in [6.07, 6.45) is 2.14. The summed E-state index contributed by atoms with van der Waals surface area (Å²) in [5.74, 6) is -0.604. The van der Waals surface area contributed by atoms with Crippen LogP contribution in [-0.4, -0.2) is 22.1 Å². The lowest BCUT2D eigenvalue weighted by Gasteiger charge is -2.04. The van der Waals surface area contributed by atoms with E-state index in [2.05, 4.69) is 10.3 Å². The first kappa shape index (κ1) is 8.80. The molecule has 1 saturated carbocycles. The molecule has 1 aromatic heterocycles. The molecule has 5 heteroatoms. The molecule has 1 fully saturated rings. The van der Waals surface area contributed by atoms with Crippen molar-refractivity contribution in [1.82, 2.24) is 4.98 Å². The lowest BCUT2D eigenvalue weighted by atomic mass is 10.2. The van der Waals surface area contributed by atoms with Gasteiger partial charge in [-0.1, -0.05) is 0 Å². The van der Waals surface area contributed by atoms with Crippen molar-refractivity contribution in [3.05, 3.63) is 28.0 Å². The summed E-state index contributed by atoms with van der Waals surface area (Å²) in [6, 6.07) is 2.89. The van der Waals surface area contributed by atoms with Crippen molar-refractivity contribution in [3.8, 4) is 0 Å². The third kappa shape index (κ3) is 1.93. The van der Waals surface area contributed by atoms with Gasteiger partial charge in [0.05, 0.1) is 5.56 Å². The Hall–Kier alpha value is -1.78. The first-order chi connectivity index (χ1) is 6.65. The van der Waals surface area contributed by atoms with Gasteiger partial charge < -0.3 is 15.4 Å². The van der Waals surface area contributed by atoms with E-state index >= 15 is 0 Å². The van der Waals surface area contributed by atoms with Crippen LogP contribution in [0.1, 0.15) is 23.2 Å². The fourth-order valence-electron chi connectivity index (χ4n) is 1.19. The zero-order chi connectivity index (χ0) is 10.1. The predicted molar refractivity (Wildman–Crippen MR) is 50.7 cm³/mol. The SMILES string of the molecule is O=C(O)c1cc(NC2CC2)[nH]c(=O)c1. The van der Waals surface area contributed by atoms with Crippen molar-refractivity contribution in [2.24, 2.45) is 0 Å². The van der Waals surface area contributed by atoms with Gasteiger partial charge >= 0.3 is 5.97 Å². The summed E-state index contributed by atoms with van der Waals surface area (Å²) in [5.41, 5.74) is -0.384. The Morgan fingerprint density at radius 1 is 1.50 bits per heavy atom. The van der Waals surface area contributed by atoms with Crippen molar-refractivity contribution in [2.45, 2.75) is 18.9 Å². The summed E-state index contributed by atoms with van der Waals surface area (Å²) in [7, 11) is 0. The molecule has 0 aromatic carbocycles. The van der Waals surface area contributed by atoms with Crippen LogP contribution in [0.25, 0.3) is 0 Å². The number of carboxylic acids is 1. The number of nitrogens with one attached hydrogen (secondary N) is 2. The molecule has 0 spiro atoms. The standard InChI is InChI=1S/C9H10N2O3/c12-8-4-5(9(13)14)3-7(11-8)10-6-1-2-6/h3-4,6H,1-2H2,(H,13,14)(H2,10,11,12). The Bertz CT molecular complexity index is 420. The van der Waals surface area contributed by atoms with Crippen LogP contribution in [0.4, 0.5) is 5.82 Å². The van der Waals surface area contributed by atoms with E-state index in [0.29, 0.717) is 11.9 Å². The topological polar surface area (TPSA) is 82.2 Å². The number of aromatic nitrogens is 1.